The smallest absolute Gasteiger partial charge is 0.138 e. The number of piperidine rings is 1. The number of aldehydes is 1. The molecule has 4 rings (SSSR count). The number of hydrogen-bond acceptors (Lipinski definition) is 8. The third-order valence-electron chi connectivity index (χ3n) is 7.54. The highest BCUT2D eigenvalue weighted by molar-refractivity contribution is 5.85. The second-order valence-corrected chi connectivity index (χ2v) is 10.9. The van der Waals surface area contributed by atoms with Gasteiger partial charge in [0.25, 0.3) is 0 Å². The number of ether oxygens (including phenoxy) is 1. The zero-order valence-electron chi connectivity index (χ0n) is 24.4. The van der Waals surface area contributed by atoms with Crippen molar-refractivity contribution in [3.63, 3.8) is 0 Å². The molecule has 0 radical (unpaired) electrons. The molecular weight excluding hydrogens is 490 g/mol. The standard InChI is InChI=1S/C24H31N7O.C6H12O/c1-5-32-20-12-21(23-19(13-25)15-28-31(23)16-20)18-6-7-22(27-14-18)30-10-8-24(26-2,9-11-30)17-29(3)4;1-5(2)6(3)4-7/h6-7,12,14-16,26H,5,8-11,17H2,1-4H3;4-6H,1-3H3. The SMILES string of the molecule is CC(C)C(C)C=O.CCOc1cc(-c2ccc(N3CCC(CN(C)C)(NC)CC3)nc2)c2c(C#N)cnn2c1. The number of carbonyl (C=O) groups excluding carboxylic acids is 1. The summed E-state index contributed by atoms with van der Waals surface area (Å²) in [5.41, 5.74) is 3.29. The van der Waals surface area contributed by atoms with Crippen molar-refractivity contribution in [3.8, 4) is 22.9 Å². The fourth-order valence-electron chi connectivity index (χ4n) is 4.79. The fraction of sp³-hybridized carbons (Fsp3) is 0.533. The first-order valence-electron chi connectivity index (χ1n) is 13.7. The largest absolute Gasteiger partial charge is 0.492 e. The van der Waals surface area contributed by atoms with Crippen LogP contribution in [0, 0.1) is 23.2 Å². The Morgan fingerprint density at radius 2 is 1.95 bits per heavy atom. The molecule has 1 aliphatic heterocycles. The second kappa shape index (κ2) is 13.5. The number of aromatic nitrogens is 3. The number of nitrogens with one attached hydrogen (secondary N) is 1. The molecule has 39 heavy (non-hydrogen) atoms. The molecule has 9 nitrogen and oxygen atoms in total. The molecule has 1 aliphatic rings. The highest BCUT2D eigenvalue weighted by atomic mass is 16.5. The first kappa shape index (κ1) is 30.1. The Balaban J connectivity index is 0.000000532. The van der Waals surface area contributed by atoms with Gasteiger partial charge in [-0.05, 0) is 65.0 Å². The molecule has 1 atom stereocenters. The average Bonchev–Trinajstić information content (AvgIpc) is 3.36. The molecule has 9 heteroatoms. The molecule has 4 heterocycles. The van der Waals surface area contributed by atoms with E-state index in [1.54, 1.807) is 16.9 Å². The minimum Gasteiger partial charge on any atom is -0.492 e. The first-order valence-corrected chi connectivity index (χ1v) is 13.7. The van der Waals surface area contributed by atoms with E-state index in [9.17, 15) is 10.1 Å². The summed E-state index contributed by atoms with van der Waals surface area (Å²) in [4.78, 5) is 19.3. The van der Waals surface area contributed by atoms with Gasteiger partial charge in [-0.25, -0.2) is 9.50 Å². The molecule has 3 aromatic rings. The lowest BCUT2D eigenvalue weighted by Gasteiger charge is -2.43. The van der Waals surface area contributed by atoms with Crippen molar-refractivity contribution < 1.29 is 9.53 Å². The van der Waals surface area contributed by atoms with Crippen molar-refractivity contribution >= 4 is 17.6 Å². The van der Waals surface area contributed by atoms with Gasteiger partial charge >= 0.3 is 0 Å². The van der Waals surface area contributed by atoms with E-state index in [0.29, 0.717) is 23.8 Å². The highest BCUT2D eigenvalue weighted by Crippen LogP contribution is 2.32. The summed E-state index contributed by atoms with van der Waals surface area (Å²) in [6.07, 6.45) is 8.41. The maximum absolute atomic E-state index is 9.95. The van der Waals surface area contributed by atoms with Crippen LogP contribution in [0.4, 0.5) is 5.82 Å². The maximum atomic E-state index is 9.95. The number of rotatable bonds is 9. The topological polar surface area (TPSA) is 98.8 Å². The quantitative estimate of drug-likeness (QED) is 0.407. The van der Waals surface area contributed by atoms with Crippen molar-refractivity contribution in [3.05, 3.63) is 42.4 Å². The van der Waals surface area contributed by atoms with Crippen molar-refractivity contribution in [2.45, 2.75) is 46.1 Å². The number of nitriles is 1. The number of likely N-dealkylation sites (N-methyl/N-ethyl adjacent to an activating group) is 2. The zero-order chi connectivity index (χ0) is 28.6. The fourth-order valence-corrected chi connectivity index (χ4v) is 4.79. The van der Waals surface area contributed by atoms with Crippen LogP contribution in [-0.4, -0.2) is 78.7 Å². The Morgan fingerprint density at radius 3 is 2.44 bits per heavy atom. The van der Waals surface area contributed by atoms with Gasteiger partial charge in [-0.1, -0.05) is 20.8 Å². The third kappa shape index (κ3) is 7.34. The number of fused-ring (bicyclic) bond motifs is 1. The Bertz CT molecular complexity index is 1250. The molecule has 1 unspecified atom stereocenters. The summed E-state index contributed by atoms with van der Waals surface area (Å²) in [6.45, 7) is 11.5. The van der Waals surface area contributed by atoms with Gasteiger partial charge in [0.15, 0.2) is 0 Å². The molecule has 0 amide bonds. The lowest BCUT2D eigenvalue weighted by molar-refractivity contribution is -0.111. The van der Waals surface area contributed by atoms with E-state index in [4.69, 9.17) is 9.72 Å². The van der Waals surface area contributed by atoms with Crippen LogP contribution < -0.4 is 15.0 Å². The number of carbonyl (C=O) groups is 1. The van der Waals surface area contributed by atoms with E-state index in [2.05, 4.69) is 59.6 Å². The van der Waals surface area contributed by atoms with Gasteiger partial charge < -0.3 is 24.6 Å². The van der Waals surface area contributed by atoms with Crippen LogP contribution in [0.5, 0.6) is 5.75 Å². The predicted molar refractivity (Wildman–Crippen MR) is 156 cm³/mol. The van der Waals surface area contributed by atoms with E-state index >= 15 is 0 Å². The lowest BCUT2D eigenvalue weighted by atomic mass is 9.87. The van der Waals surface area contributed by atoms with Crippen LogP contribution in [0.15, 0.2) is 36.8 Å². The van der Waals surface area contributed by atoms with Crippen LogP contribution in [-0.2, 0) is 4.79 Å². The Kier molecular flexibility index (Phi) is 10.4. The molecule has 210 valence electrons. The summed E-state index contributed by atoms with van der Waals surface area (Å²) in [5, 5.41) is 17.4. The molecule has 0 spiro atoms. The average molecular weight is 534 g/mol. The van der Waals surface area contributed by atoms with E-state index < -0.39 is 0 Å². The van der Waals surface area contributed by atoms with Crippen molar-refractivity contribution in [2.24, 2.45) is 11.8 Å². The molecule has 1 fully saturated rings. The van der Waals surface area contributed by atoms with Crippen LogP contribution in [0.1, 0.15) is 46.1 Å². The van der Waals surface area contributed by atoms with Gasteiger partial charge in [-0.3, -0.25) is 0 Å². The van der Waals surface area contributed by atoms with Gasteiger partial charge in [-0.15, -0.1) is 0 Å². The van der Waals surface area contributed by atoms with E-state index in [1.165, 1.54) is 0 Å². The van der Waals surface area contributed by atoms with Crippen molar-refractivity contribution in [1.82, 2.24) is 24.8 Å². The lowest BCUT2D eigenvalue weighted by Crippen LogP contribution is -2.57. The van der Waals surface area contributed by atoms with Crippen LogP contribution in [0.25, 0.3) is 16.6 Å². The summed E-state index contributed by atoms with van der Waals surface area (Å²) in [6, 6.07) is 8.34. The molecule has 3 aromatic heterocycles. The third-order valence-corrected chi connectivity index (χ3v) is 7.54. The summed E-state index contributed by atoms with van der Waals surface area (Å²) < 4.78 is 7.42. The Hall–Kier alpha value is -3.48. The Morgan fingerprint density at radius 1 is 1.23 bits per heavy atom. The number of anilines is 1. The molecule has 0 bridgehead atoms. The highest BCUT2D eigenvalue weighted by Gasteiger charge is 2.33. The second-order valence-electron chi connectivity index (χ2n) is 10.9. The predicted octanol–water partition coefficient (Wildman–Crippen LogP) is 4.26. The molecule has 0 saturated carbocycles. The van der Waals surface area contributed by atoms with E-state index in [1.807, 2.05) is 40.0 Å². The molecular formula is C30H43N7O2. The molecule has 0 aromatic carbocycles. The summed E-state index contributed by atoms with van der Waals surface area (Å²) >= 11 is 0. The van der Waals surface area contributed by atoms with Crippen molar-refractivity contribution in [2.75, 3.05) is 52.3 Å². The monoisotopic (exact) mass is 533 g/mol. The number of hydrogen-bond donors (Lipinski definition) is 1. The van der Waals surface area contributed by atoms with Gasteiger partial charge in [0.2, 0.25) is 0 Å². The van der Waals surface area contributed by atoms with E-state index in [-0.39, 0.29) is 11.5 Å². The van der Waals surface area contributed by atoms with Gasteiger partial charge in [-0.2, -0.15) is 10.4 Å². The first-order chi connectivity index (χ1) is 18.7. The van der Waals surface area contributed by atoms with Crippen LogP contribution >= 0.6 is 0 Å². The minimum absolute atomic E-state index is 0.154. The minimum atomic E-state index is 0.154. The maximum Gasteiger partial charge on any atom is 0.138 e. The number of nitrogens with zero attached hydrogens (tertiary/aromatic N) is 6. The molecule has 1 saturated heterocycles. The Labute approximate surface area is 232 Å². The van der Waals surface area contributed by atoms with Crippen LogP contribution in [0.2, 0.25) is 0 Å². The van der Waals surface area contributed by atoms with Crippen molar-refractivity contribution in [1.29, 1.82) is 5.26 Å². The summed E-state index contributed by atoms with van der Waals surface area (Å²) in [7, 11) is 6.32. The van der Waals surface area contributed by atoms with E-state index in [0.717, 1.165) is 61.2 Å². The molecule has 0 aliphatic carbocycles. The van der Waals surface area contributed by atoms with Crippen LogP contribution in [0.3, 0.4) is 0 Å². The normalized spacial score (nSPS) is 15.5. The zero-order valence-corrected chi connectivity index (χ0v) is 24.4. The number of pyridine rings is 2. The van der Waals surface area contributed by atoms with Gasteiger partial charge in [0, 0.05) is 48.4 Å². The molecule has 1 N–H and O–H groups in total. The van der Waals surface area contributed by atoms with Gasteiger partial charge in [0.05, 0.1) is 30.1 Å². The summed E-state index contributed by atoms with van der Waals surface area (Å²) in [5.74, 6) is 2.42. The van der Waals surface area contributed by atoms with Gasteiger partial charge in [0.1, 0.15) is 23.9 Å².